The molecule has 3 saturated heterocycles. The first kappa shape index (κ1) is 20.5. The van der Waals surface area contributed by atoms with Crippen molar-refractivity contribution in [2.75, 3.05) is 62.4 Å². The number of epoxide rings is 2. The first-order valence-corrected chi connectivity index (χ1v) is 11.4. The van der Waals surface area contributed by atoms with E-state index in [0.29, 0.717) is 19.1 Å². The Kier molecular flexibility index (Phi) is 5.92. The van der Waals surface area contributed by atoms with E-state index in [1.807, 2.05) is 0 Å². The second-order valence-corrected chi connectivity index (χ2v) is 8.88. The average molecular weight is 425 g/mol. The normalized spacial score (nSPS) is 22.5. The Hall–Kier alpha value is -2.44. The molecule has 5 rings (SSSR count). The van der Waals surface area contributed by atoms with Gasteiger partial charge in [0.25, 0.3) is 0 Å². The molecule has 3 aliphatic rings. The Morgan fingerprint density at radius 1 is 0.806 bits per heavy atom. The van der Waals surface area contributed by atoms with Gasteiger partial charge in [0.05, 0.1) is 13.2 Å². The molecule has 0 spiro atoms. The lowest BCUT2D eigenvalue weighted by molar-refractivity contribution is 0.260. The van der Waals surface area contributed by atoms with Gasteiger partial charge in [-0.2, -0.15) is 0 Å². The highest BCUT2D eigenvalue weighted by Crippen LogP contribution is 2.32. The molecule has 31 heavy (non-hydrogen) atoms. The van der Waals surface area contributed by atoms with Crippen molar-refractivity contribution in [2.45, 2.75) is 32.0 Å². The molecule has 166 valence electrons. The first-order chi connectivity index (χ1) is 15.2. The predicted octanol–water partition coefficient (Wildman–Crippen LogP) is 3.69. The van der Waals surface area contributed by atoms with Crippen molar-refractivity contribution >= 4 is 11.4 Å². The van der Waals surface area contributed by atoms with E-state index in [4.69, 9.17) is 18.9 Å². The number of ether oxygens (including phenoxy) is 4. The van der Waals surface area contributed by atoms with E-state index in [9.17, 15) is 0 Å². The zero-order valence-corrected chi connectivity index (χ0v) is 18.5. The molecule has 6 heteroatoms. The van der Waals surface area contributed by atoms with Crippen LogP contribution < -0.4 is 19.3 Å². The van der Waals surface area contributed by atoms with Crippen LogP contribution >= 0.6 is 0 Å². The summed E-state index contributed by atoms with van der Waals surface area (Å²) in [6.45, 7) is 11.4. The Bertz CT molecular complexity index is 870. The van der Waals surface area contributed by atoms with Crippen LogP contribution in [0.3, 0.4) is 0 Å². The van der Waals surface area contributed by atoms with Crippen LogP contribution in [-0.2, 0) is 9.47 Å². The fourth-order valence-electron chi connectivity index (χ4n) is 3.99. The SMILES string of the molecule is CC(C)c1cc(N2CCN(c3ccc(OCC4CO4)cc3)CC2)ccc1OCC1CO1. The van der Waals surface area contributed by atoms with Crippen LogP contribution in [0.25, 0.3) is 0 Å². The summed E-state index contributed by atoms with van der Waals surface area (Å²) in [5, 5.41) is 0. The Balaban J connectivity index is 1.18. The Labute approximate surface area is 184 Å². The number of rotatable bonds is 9. The maximum absolute atomic E-state index is 6.01. The number of nitrogens with zero attached hydrogens (tertiary/aromatic N) is 2. The van der Waals surface area contributed by atoms with Gasteiger partial charge in [-0.25, -0.2) is 0 Å². The highest BCUT2D eigenvalue weighted by molar-refractivity contribution is 5.56. The molecular formula is C25H32N2O4. The van der Waals surface area contributed by atoms with E-state index in [1.165, 1.54) is 16.9 Å². The lowest BCUT2D eigenvalue weighted by Crippen LogP contribution is -2.46. The third-order valence-electron chi connectivity index (χ3n) is 6.13. The zero-order chi connectivity index (χ0) is 21.2. The molecule has 3 fully saturated rings. The van der Waals surface area contributed by atoms with Crippen LogP contribution in [-0.4, -0.2) is 64.8 Å². The van der Waals surface area contributed by atoms with Crippen molar-refractivity contribution in [3.05, 3.63) is 48.0 Å². The van der Waals surface area contributed by atoms with Gasteiger partial charge in [0.2, 0.25) is 0 Å². The molecule has 0 amide bonds. The molecule has 2 aromatic rings. The third-order valence-corrected chi connectivity index (χ3v) is 6.13. The summed E-state index contributed by atoms with van der Waals surface area (Å²) in [5.41, 5.74) is 3.81. The minimum atomic E-state index is 0.278. The van der Waals surface area contributed by atoms with Crippen LogP contribution in [0.1, 0.15) is 25.3 Å². The second kappa shape index (κ2) is 8.97. The average Bonchev–Trinajstić information content (AvgIpc) is 3.72. The number of anilines is 2. The van der Waals surface area contributed by atoms with Crippen molar-refractivity contribution in [3.8, 4) is 11.5 Å². The van der Waals surface area contributed by atoms with E-state index in [-0.39, 0.29) is 12.2 Å². The molecule has 3 heterocycles. The third kappa shape index (κ3) is 5.25. The minimum Gasteiger partial charge on any atom is -0.491 e. The van der Waals surface area contributed by atoms with E-state index in [0.717, 1.165) is 50.9 Å². The van der Waals surface area contributed by atoms with Gasteiger partial charge in [-0.3, -0.25) is 0 Å². The molecule has 0 N–H and O–H groups in total. The Morgan fingerprint density at radius 2 is 1.35 bits per heavy atom. The maximum atomic E-state index is 6.01. The maximum Gasteiger partial charge on any atom is 0.123 e. The van der Waals surface area contributed by atoms with Crippen LogP contribution in [0.15, 0.2) is 42.5 Å². The molecule has 0 bridgehead atoms. The van der Waals surface area contributed by atoms with E-state index >= 15 is 0 Å². The van der Waals surface area contributed by atoms with Crippen LogP contribution in [0, 0.1) is 0 Å². The summed E-state index contributed by atoms with van der Waals surface area (Å²) in [4.78, 5) is 4.92. The summed E-state index contributed by atoms with van der Waals surface area (Å²) < 4.78 is 22.2. The van der Waals surface area contributed by atoms with Crippen LogP contribution in [0.5, 0.6) is 11.5 Å². The van der Waals surface area contributed by atoms with Gasteiger partial charge in [0.1, 0.15) is 36.9 Å². The van der Waals surface area contributed by atoms with Crippen LogP contribution in [0.4, 0.5) is 11.4 Å². The summed E-state index contributed by atoms with van der Waals surface area (Å²) in [6.07, 6.45) is 0.567. The van der Waals surface area contributed by atoms with E-state index in [1.54, 1.807) is 0 Å². The fourth-order valence-corrected chi connectivity index (χ4v) is 3.99. The number of piperazine rings is 1. The van der Waals surface area contributed by atoms with Gasteiger partial charge in [-0.15, -0.1) is 0 Å². The van der Waals surface area contributed by atoms with Gasteiger partial charge < -0.3 is 28.7 Å². The van der Waals surface area contributed by atoms with Gasteiger partial charge in [0, 0.05) is 37.6 Å². The highest BCUT2D eigenvalue weighted by atomic mass is 16.6. The quantitative estimate of drug-likeness (QED) is 0.572. The summed E-state index contributed by atoms with van der Waals surface area (Å²) in [6, 6.07) is 15.1. The van der Waals surface area contributed by atoms with Crippen molar-refractivity contribution in [2.24, 2.45) is 0 Å². The second-order valence-electron chi connectivity index (χ2n) is 8.88. The van der Waals surface area contributed by atoms with Gasteiger partial charge in [-0.05, 0) is 53.9 Å². The lowest BCUT2D eigenvalue weighted by atomic mass is 10.0. The molecule has 2 unspecified atom stereocenters. The van der Waals surface area contributed by atoms with Gasteiger partial charge in [-0.1, -0.05) is 13.8 Å². The number of hydrogen-bond acceptors (Lipinski definition) is 6. The lowest BCUT2D eigenvalue weighted by Gasteiger charge is -2.37. The minimum absolute atomic E-state index is 0.278. The zero-order valence-electron chi connectivity index (χ0n) is 18.5. The molecule has 0 radical (unpaired) electrons. The summed E-state index contributed by atoms with van der Waals surface area (Å²) >= 11 is 0. The smallest absolute Gasteiger partial charge is 0.123 e. The van der Waals surface area contributed by atoms with E-state index < -0.39 is 0 Å². The highest BCUT2D eigenvalue weighted by Gasteiger charge is 2.25. The first-order valence-electron chi connectivity index (χ1n) is 11.4. The van der Waals surface area contributed by atoms with Crippen molar-refractivity contribution in [1.29, 1.82) is 0 Å². The summed E-state index contributed by atoms with van der Waals surface area (Å²) in [5.74, 6) is 2.32. The standard InChI is InChI=1S/C25H32N2O4/c1-18(2)24-13-20(5-8-25(24)31-17-23-16-30-23)27-11-9-26(10-12-27)19-3-6-21(7-4-19)28-14-22-15-29-22/h3-8,13,18,22-23H,9-12,14-17H2,1-2H3. The fraction of sp³-hybridized carbons (Fsp3) is 0.520. The summed E-state index contributed by atoms with van der Waals surface area (Å²) in [7, 11) is 0. The van der Waals surface area contributed by atoms with E-state index in [2.05, 4.69) is 66.1 Å². The largest absolute Gasteiger partial charge is 0.491 e. The topological polar surface area (TPSA) is 50.0 Å². The molecule has 0 aliphatic carbocycles. The van der Waals surface area contributed by atoms with Crippen molar-refractivity contribution in [3.63, 3.8) is 0 Å². The predicted molar refractivity (Wildman–Crippen MR) is 122 cm³/mol. The van der Waals surface area contributed by atoms with Gasteiger partial charge >= 0.3 is 0 Å². The number of hydrogen-bond donors (Lipinski definition) is 0. The monoisotopic (exact) mass is 424 g/mol. The molecule has 2 atom stereocenters. The molecule has 0 saturated carbocycles. The molecule has 6 nitrogen and oxygen atoms in total. The molecule has 2 aromatic carbocycles. The van der Waals surface area contributed by atoms with Gasteiger partial charge in [0.15, 0.2) is 0 Å². The molecular weight excluding hydrogens is 392 g/mol. The molecule has 0 aromatic heterocycles. The number of benzene rings is 2. The van der Waals surface area contributed by atoms with Crippen molar-refractivity contribution < 1.29 is 18.9 Å². The van der Waals surface area contributed by atoms with Crippen molar-refractivity contribution in [1.82, 2.24) is 0 Å². The van der Waals surface area contributed by atoms with Crippen LogP contribution in [0.2, 0.25) is 0 Å². The molecule has 3 aliphatic heterocycles. The Morgan fingerprint density at radius 3 is 1.94 bits per heavy atom.